The first-order chi connectivity index (χ1) is 16.9. The van der Waals surface area contributed by atoms with Crippen LogP contribution in [0, 0.1) is 10.1 Å². The van der Waals surface area contributed by atoms with Crippen LogP contribution in [0.4, 0.5) is 17.1 Å². The molecule has 3 amide bonds. The summed E-state index contributed by atoms with van der Waals surface area (Å²) >= 11 is 0. The first-order valence-corrected chi connectivity index (χ1v) is 11.4. The molecule has 1 fully saturated rings. The number of amides is 3. The molecule has 11 nitrogen and oxygen atoms in total. The lowest BCUT2D eigenvalue weighted by atomic mass is 10.1. The molecular formula is C24H26N4O7. The van der Waals surface area contributed by atoms with E-state index in [-0.39, 0.29) is 29.8 Å². The Morgan fingerprint density at radius 3 is 2.69 bits per heavy atom. The van der Waals surface area contributed by atoms with E-state index in [1.54, 1.807) is 17.0 Å². The predicted octanol–water partition coefficient (Wildman–Crippen LogP) is 3.35. The van der Waals surface area contributed by atoms with Crippen molar-refractivity contribution in [3.05, 3.63) is 52.1 Å². The van der Waals surface area contributed by atoms with Gasteiger partial charge in [0.05, 0.1) is 29.9 Å². The minimum atomic E-state index is -0.500. The van der Waals surface area contributed by atoms with Crippen LogP contribution in [0.2, 0.25) is 0 Å². The average molecular weight is 482 g/mol. The number of rotatable bonds is 9. The highest BCUT2D eigenvalue weighted by Crippen LogP contribution is 2.37. The predicted molar refractivity (Wildman–Crippen MR) is 127 cm³/mol. The van der Waals surface area contributed by atoms with Crippen LogP contribution in [-0.2, 0) is 9.59 Å². The minimum absolute atomic E-state index is 0.0438. The first-order valence-electron chi connectivity index (χ1n) is 11.4. The molecule has 4 rings (SSSR count). The van der Waals surface area contributed by atoms with Crippen LogP contribution in [0.25, 0.3) is 0 Å². The van der Waals surface area contributed by atoms with Crippen LogP contribution in [0.1, 0.15) is 42.5 Å². The molecule has 2 heterocycles. The van der Waals surface area contributed by atoms with E-state index in [1.165, 1.54) is 31.4 Å². The number of carbonyl (C=O) groups is 3. The fourth-order valence-corrected chi connectivity index (χ4v) is 4.23. The van der Waals surface area contributed by atoms with Crippen LogP contribution in [0.3, 0.4) is 0 Å². The van der Waals surface area contributed by atoms with Gasteiger partial charge in [-0.15, -0.1) is 0 Å². The van der Waals surface area contributed by atoms with Gasteiger partial charge in [-0.25, -0.2) is 0 Å². The van der Waals surface area contributed by atoms with Crippen LogP contribution in [0.5, 0.6) is 11.5 Å². The monoisotopic (exact) mass is 482 g/mol. The third-order valence-electron chi connectivity index (χ3n) is 6.03. The Morgan fingerprint density at radius 2 is 1.97 bits per heavy atom. The van der Waals surface area contributed by atoms with Gasteiger partial charge in [0.25, 0.3) is 11.6 Å². The average Bonchev–Trinajstić information content (AvgIpc) is 3.31. The number of hydrogen-bond acceptors (Lipinski definition) is 7. The molecule has 0 bridgehead atoms. The highest BCUT2D eigenvalue weighted by Gasteiger charge is 2.39. The lowest BCUT2D eigenvalue weighted by Crippen LogP contribution is -2.40. The zero-order valence-electron chi connectivity index (χ0n) is 19.2. The van der Waals surface area contributed by atoms with E-state index in [4.69, 9.17) is 9.47 Å². The standard InChI is InChI=1S/C24H26N4O7/c1-34-20-13-17-18(26-23(30)19-5-4-11-27(19)24(17)31)14-21(20)35-12-3-2-6-22(29)25-15-7-9-16(10-8-15)28(32)33/h7-10,13-14,19H,2-6,11-12H2,1H3,(H,25,29)(H,26,30)/t19-/m0/s1. The maximum atomic E-state index is 13.0. The molecule has 0 radical (unpaired) electrons. The highest BCUT2D eigenvalue weighted by atomic mass is 16.6. The van der Waals surface area contributed by atoms with Crippen LogP contribution >= 0.6 is 0 Å². The summed E-state index contributed by atoms with van der Waals surface area (Å²) in [4.78, 5) is 49.4. The fraction of sp³-hybridized carbons (Fsp3) is 0.375. The Balaban J connectivity index is 1.30. The summed E-state index contributed by atoms with van der Waals surface area (Å²) in [6.07, 6.45) is 2.82. The van der Waals surface area contributed by atoms with Gasteiger partial charge in [0.2, 0.25) is 11.8 Å². The number of ether oxygens (including phenoxy) is 2. The molecule has 2 aliphatic rings. The van der Waals surface area contributed by atoms with E-state index in [0.717, 1.165) is 6.42 Å². The minimum Gasteiger partial charge on any atom is -0.493 e. The third kappa shape index (κ3) is 5.34. The second-order valence-corrected chi connectivity index (χ2v) is 8.35. The summed E-state index contributed by atoms with van der Waals surface area (Å²) in [5.41, 5.74) is 1.21. The molecule has 2 aliphatic heterocycles. The summed E-state index contributed by atoms with van der Waals surface area (Å²) in [5, 5.41) is 16.2. The summed E-state index contributed by atoms with van der Waals surface area (Å²) < 4.78 is 11.2. The van der Waals surface area contributed by atoms with Gasteiger partial charge in [-0.05, 0) is 43.9 Å². The number of non-ortho nitro benzene ring substituents is 1. The molecule has 2 aromatic carbocycles. The third-order valence-corrected chi connectivity index (χ3v) is 6.03. The van der Waals surface area contributed by atoms with E-state index >= 15 is 0 Å². The maximum absolute atomic E-state index is 13.0. The van der Waals surface area contributed by atoms with Gasteiger partial charge in [-0.1, -0.05) is 0 Å². The van der Waals surface area contributed by atoms with Crippen molar-refractivity contribution in [3.63, 3.8) is 0 Å². The summed E-state index contributed by atoms with van der Waals surface area (Å²) in [7, 11) is 1.48. The lowest BCUT2D eigenvalue weighted by molar-refractivity contribution is -0.384. The molecule has 1 atom stereocenters. The van der Waals surface area contributed by atoms with Gasteiger partial charge in [0.1, 0.15) is 6.04 Å². The van der Waals surface area contributed by atoms with Crippen molar-refractivity contribution in [3.8, 4) is 11.5 Å². The lowest BCUT2D eigenvalue weighted by Gasteiger charge is -2.20. The van der Waals surface area contributed by atoms with Crippen molar-refractivity contribution in [2.24, 2.45) is 0 Å². The van der Waals surface area contributed by atoms with Gasteiger partial charge in [0.15, 0.2) is 11.5 Å². The number of nitrogens with zero attached hydrogens (tertiary/aromatic N) is 2. The van der Waals surface area contributed by atoms with Crippen LogP contribution in [0.15, 0.2) is 36.4 Å². The number of unbranched alkanes of at least 4 members (excludes halogenated alkanes) is 1. The molecule has 2 aromatic rings. The van der Waals surface area contributed by atoms with Gasteiger partial charge in [-0.2, -0.15) is 0 Å². The molecule has 11 heteroatoms. The number of methoxy groups -OCH3 is 1. The zero-order valence-corrected chi connectivity index (χ0v) is 19.2. The molecule has 2 N–H and O–H groups in total. The molecule has 1 saturated heterocycles. The highest BCUT2D eigenvalue weighted by molar-refractivity contribution is 6.10. The molecule has 0 spiro atoms. The van der Waals surface area contributed by atoms with Gasteiger partial charge in [0, 0.05) is 36.9 Å². The number of anilines is 2. The second kappa shape index (κ2) is 10.4. The Kier molecular flexibility index (Phi) is 7.14. The number of benzene rings is 2. The van der Waals surface area contributed by atoms with Crippen LogP contribution < -0.4 is 20.1 Å². The van der Waals surface area contributed by atoms with E-state index in [1.807, 2.05) is 0 Å². The zero-order chi connectivity index (χ0) is 24.9. The smallest absolute Gasteiger partial charge is 0.269 e. The van der Waals surface area contributed by atoms with Crippen molar-refractivity contribution >= 4 is 34.8 Å². The molecule has 35 heavy (non-hydrogen) atoms. The molecule has 184 valence electrons. The van der Waals surface area contributed by atoms with Crippen molar-refractivity contribution in [2.45, 2.75) is 38.1 Å². The summed E-state index contributed by atoms with van der Waals surface area (Å²) in [5.74, 6) is 0.175. The number of carbonyl (C=O) groups excluding carboxylic acids is 3. The van der Waals surface area contributed by atoms with Crippen molar-refractivity contribution in [1.82, 2.24) is 4.90 Å². The Morgan fingerprint density at radius 1 is 1.20 bits per heavy atom. The Bertz CT molecular complexity index is 1150. The second-order valence-electron chi connectivity index (χ2n) is 8.35. The van der Waals surface area contributed by atoms with E-state index < -0.39 is 11.0 Å². The number of fused-ring (bicyclic) bond motifs is 2. The molecule has 0 saturated carbocycles. The van der Waals surface area contributed by atoms with E-state index in [0.29, 0.717) is 60.9 Å². The molecular weight excluding hydrogens is 456 g/mol. The summed E-state index contributed by atoms with van der Waals surface area (Å²) in [6, 6.07) is 8.37. The van der Waals surface area contributed by atoms with Crippen molar-refractivity contribution in [2.75, 3.05) is 30.9 Å². The molecule has 0 unspecified atom stereocenters. The van der Waals surface area contributed by atoms with Gasteiger partial charge in [-0.3, -0.25) is 24.5 Å². The SMILES string of the molecule is COc1cc2c(cc1OCCCCC(=O)Nc1ccc([N+](=O)[O-])cc1)NC(=O)[C@@H]1CCCN1C2=O. The normalized spacial score (nSPS) is 16.6. The largest absolute Gasteiger partial charge is 0.493 e. The van der Waals surface area contributed by atoms with Gasteiger partial charge < -0.3 is 25.0 Å². The molecule has 0 aromatic heterocycles. The van der Waals surface area contributed by atoms with E-state index in [2.05, 4.69) is 10.6 Å². The Labute approximate surface area is 201 Å². The van der Waals surface area contributed by atoms with E-state index in [9.17, 15) is 24.5 Å². The van der Waals surface area contributed by atoms with Gasteiger partial charge >= 0.3 is 0 Å². The topological polar surface area (TPSA) is 140 Å². The van der Waals surface area contributed by atoms with Crippen molar-refractivity contribution in [1.29, 1.82) is 0 Å². The van der Waals surface area contributed by atoms with Crippen LogP contribution in [-0.4, -0.2) is 53.8 Å². The number of hydrogen-bond donors (Lipinski definition) is 2. The first kappa shape index (κ1) is 24.0. The fourth-order valence-electron chi connectivity index (χ4n) is 4.23. The maximum Gasteiger partial charge on any atom is 0.269 e. The number of nitrogens with one attached hydrogen (secondary N) is 2. The quantitative estimate of drug-likeness (QED) is 0.317. The number of nitro groups is 1. The summed E-state index contributed by atoms with van der Waals surface area (Å²) in [6.45, 7) is 0.852. The van der Waals surface area contributed by atoms with Crippen molar-refractivity contribution < 1.29 is 28.8 Å². The number of nitro benzene ring substituents is 1. The Hall–Kier alpha value is -4.15. The molecule has 0 aliphatic carbocycles.